The van der Waals surface area contributed by atoms with E-state index in [1.54, 1.807) is 24.3 Å². The van der Waals surface area contributed by atoms with Gasteiger partial charge in [0.1, 0.15) is 11.3 Å². The second-order valence-electron chi connectivity index (χ2n) is 5.97. The number of halogens is 2. The van der Waals surface area contributed by atoms with Crippen molar-refractivity contribution in [2.45, 2.75) is 6.54 Å². The van der Waals surface area contributed by atoms with Crippen molar-refractivity contribution in [2.75, 3.05) is 4.90 Å². The summed E-state index contributed by atoms with van der Waals surface area (Å²) in [5.74, 6) is -1.65. The van der Waals surface area contributed by atoms with Crippen LogP contribution in [-0.2, 0) is 6.54 Å². The minimum Gasteiger partial charge on any atom is -0.279 e. The minimum absolute atomic E-state index is 0.0651. The normalized spacial score (nSPS) is 10.9. The summed E-state index contributed by atoms with van der Waals surface area (Å²) in [5.41, 5.74) is 1.47. The lowest BCUT2D eigenvalue weighted by Gasteiger charge is -2.20. The van der Waals surface area contributed by atoms with Crippen molar-refractivity contribution < 1.29 is 13.6 Å². The predicted octanol–water partition coefficient (Wildman–Crippen LogP) is 5.42. The first-order valence-electron chi connectivity index (χ1n) is 8.28. The van der Waals surface area contributed by atoms with Crippen molar-refractivity contribution in [2.24, 2.45) is 0 Å². The lowest BCUT2D eigenvalue weighted by atomic mass is 10.1. The molecule has 4 aromatic rings. The number of anilines is 1. The molecule has 6 heteroatoms. The fourth-order valence-corrected chi connectivity index (χ4v) is 3.79. The molecule has 1 heterocycles. The van der Waals surface area contributed by atoms with E-state index >= 15 is 0 Å². The summed E-state index contributed by atoms with van der Waals surface area (Å²) in [5, 5.41) is 0.326. The lowest BCUT2D eigenvalue weighted by Crippen LogP contribution is -2.30. The second kappa shape index (κ2) is 7.25. The smallest absolute Gasteiger partial charge is 0.260 e. The highest BCUT2D eigenvalue weighted by molar-refractivity contribution is 7.22. The Hall–Kier alpha value is -3.12. The maximum absolute atomic E-state index is 14.1. The molecule has 4 rings (SSSR count). The van der Waals surface area contributed by atoms with Crippen LogP contribution in [0.4, 0.5) is 13.9 Å². The Labute approximate surface area is 158 Å². The topological polar surface area (TPSA) is 33.2 Å². The van der Waals surface area contributed by atoms with E-state index < -0.39 is 11.6 Å². The van der Waals surface area contributed by atoms with Crippen LogP contribution in [0.25, 0.3) is 10.2 Å². The Bertz CT molecular complexity index is 1100. The van der Waals surface area contributed by atoms with Gasteiger partial charge in [-0.05, 0) is 23.8 Å². The summed E-state index contributed by atoms with van der Waals surface area (Å²) in [6.45, 7) is 0.276. The van der Waals surface area contributed by atoms with Crippen molar-refractivity contribution in [1.29, 1.82) is 0 Å². The molecule has 1 amide bonds. The number of carbonyl (C=O) groups excluding carboxylic acids is 1. The predicted molar refractivity (Wildman–Crippen MR) is 103 cm³/mol. The van der Waals surface area contributed by atoms with Gasteiger partial charge in [0.25, 0.3) is 5.91 Å². The Balaban J connectivity index is 1.80. The Morgan fingerprint density at radius 2 is 1.63 bits per heavy atom. The van der Waals surface area contributed by atoms with Crippen LogP contribution in [0.2, 0.25) is 0 Å². The van der Waals surface area contributed by atoms with E-state index in [2.05, 4.69) is 4.98 Å². The number of aromatic nitrogens is 1. The molecule has 0 N–H and O–H groups in total. The molecule has 0 atom stereocenters. The van der Waals surface area contributed by atoms with Crippen LogP contribution < -0.4 is 4.90 Å². The Morgan fingerprint density at radius 1 is 0.963 bits per heavy atom. The van der Waals surface area contributed by atoms with Gasteiger partial charge < -0.3 is 0 Å². The quantitative estimate of drug-likeness (QED) is 0.474. The summed E-state index contributed by atoms with van der Waals surface area (Å²) < 4.78 is 28.0. The standard InChI is InChI=1S/C21H14F2N2OS/c22-16-11-17(23)19-18(12-16)27-21(24-19)25(13-14-7-3-1-4-8-14)20(26)15-9-5-2-6-10-15/h1-12H,13H2. The molecule has 0 aliphatic rings. The van der Waals surface area contributed by atoms with Gasteiger partial charge in [0.2, 0.25) is 0 Å². The largest absolute Gasteiger partial charge is 0.279 e. The average Bonchev–Trinajstić information content (AvgIpc) is 3.11. The van der Waals surface area contributed by atoms with Crippen LogP contribution in [0.15, 0.2) is 72.8 Å². The summed E-state index contributed by atoms with van der Waals surface area (Å²) in [7, 11) is 0. The maximum atomic E-state index is 14.1. The van der Waals surface area contributed by atoms with E-state index in [0.717, 1.165) is 23.0 Å². The van der Waals surface area contributed by atoms with Gasteiger partial charge in [0.15, 0.2) is 10.9 Å². The molecule has 0 unspecified atom stereocenters. The first kappa shape index (κ1) is 17.3. The first-order chi connectivity index (χ1) is 13.1. The summed E-state index contributed by atoms with van der Waals surface area (Å²) in [6, 6.07) is 20.3. The zero-order valence-corrected chi connectivity index (χ0v) is 14.9. The van der Waals surface area contributed by atoms with E-state index in [1.807, 2.05) is 36.4 Å². The zero-order valence-electron chi connectivity index (χ0n) is 14.1. The van der Waals surface area contributed by atoms with Crippen LogP contribution in [-0.4, -0.2) is 10.9 Å². The van der Waals surface area contributed by atoms with Crippen molar-refractivity contribution in [3.63, 3.8) is 0 Å². The van der Waals surface area contributed by atoms with Gasteiger partial charge in [-0.3, -0.25) is 9.69 Å². The number of rotatable bonds is 4. The molecule has 27 heavy (non-hydrogen) atoms. The molecule has 0 fully saturated rings. The van der Waals surface area contributed by atoms with Gasteiger partial charge in [-0.2, -0.15) is 0 Å². The van der Waals surface area contributed by atoms with E-state index in [9.17, 15) is 13.6 Å². The molecule has 134 valence electrons. The van der Waals surface area contributed by atoms with Crippen molar-refractivity contribution >= 4 is 32.6 Å². The molecule has 0 saturated heterocycles. The molecular formula is C21H14F2N2OS. The molecule has 0 aliphatic heterocycles. The molecular weight excluding hydrogens is 366 g/mol. The summed E-state index contributed by atoms with van der Waals surface area (Å²) >= 11 is 1.09. The molecule has 1 aromatic heterocycles. The number of nitrogens with zero attached hydrogens (tertiary/aromatic N) is 2. The van der Waals surface area contributed by atoms with Gasteiger partial charge in [-0.25, -0.2) is 13.8 Å². The molecule has 0 saturated carbocycles. The molecule has 0 aliphatic carbocycles. The third-order valence-electron chi connectivity index (χ3n) is 4.08. The third kappa shape index (κ3) is 3.57. The van der Waals surface area contributed by atoms with Gasteiger partial charge in [0.05, 0.1) is 11.2 Å². The lowest BCUT2D eigenvalue weighted by molar-refractivity contribution is 0.0985. The van der Waals surface area contributed by atoms with E-state index in [-0.39, 0.29) is 18.0 Å². The number of thiazole rings is 1. The Kier molecular flexibility index (Phi) is 4.64. The van der Waals surface area contributed by atoms with E-state index in [0.29, 0.717) is 15.4 Å². The highest BCUT2D eigenvalue weighted by Gasteiger charge is 2.22. The van der Waals surface area contributed by atoms with Crippen LogP contribution in [0.5, 0.6) is 0 Å². The number of amides is 1. The molecule has 3 nitrogen and oxygen atoms in total. The van der Waals surface area contributed by atoms with Gasteiger partial charge >= 0.3 is 0 Å². The van der Waals surface area contributed by atoms with Gasteiger partial charge in [0, 0.05) is 11.6 Å². The molecule has 3 aromatic carbocycles. The SMILES string of the molecule is O=C(c1ccccc1)N(Cc1ccccc1)c1nc2c(F)cc(F)cc2s1. The number of carbonyl (C=O) groups is 1. The molecule has 0 spiro atoms. The van der Waals surface area contributed by atoms with E-state index in [1.165, 1.54) is 11.0 Å². The minimum atomic E-state index is -0.737. The van der Waals surface area contributed by atoms with E-state index in [4.69, 9.17) is 0 Å². The maximum Gasteiger partial charge on any atom is 0.260 e. The number of hydrogen-bond donors (Lipinski definition) is 0. The summed E-state index contributed by atoms with van der Waals surface area (Å²) in [4.78, 5) is 18.9. The highest BCUT2D eigenvalue weighted by Crippen LogP contribution is 2.32. The fourth-order valence-electron chi connectivity index (χ4n) is 2.79. The highest BCUT2D eigenvalue weighted by atomic mass is 32.1. The third-order valence-corrected chi connectivity index (χ3v) is 5.11. The molecule has 0 bridgehead atoms. The molecule has 0 radical (unpaired) electrons. The van der Waals surface area contributed by atoms with Crippen LogP contribution in [0.3, 0.4) is 0 Å². The second-order valence-corrected chi connectivity index (χ2v) is 6.98. The zero-order chi connectivity index (χ0) is 18.8. The van der Waals surface area contributed by atoms with Gasteiger partial charge in [-0.15, -0.1) is 0 Å². The van der Waals surface area contributed by atoms with Crippen LogP contribution in [0.1, 0.15) is 15.9 Å². The number of benzene rings is 3. The Morgan fingerprint density at radius 3 is 2.33 bits per heavy atom. The fraction of sp³-hybridized carbons (Fsp3) is 0.0476. The van der Waals surface area contributed by atoms with Crippen molar-refractivity contribution in [3.8, 4) is 0 Å². The monoisotopic (exact) mass is 380 g/mol. The van der Waals surface area contributed by atoms with Crippen LogP contribution in [0, 0.1) is 11.6 Å². The first-order valence-corrected chi connectivity index (χ1v) is 9.10. The average molecular weight is 380 g/mol. The van der Waals surface area contributed by atoms with Crippen LogP contribution >= 0.6 is 11.3 Å². The number of hydrogen-bond acceptors (Lipinski definition) is 3. The van der Waals surface area contributed by atoms with Crippen molar-refractivity contribution in [1.82, 2.24) is 4.98 Å². The summed E-state index contributed by atoms with van der Waals surface area (Å²) in [6.07, 6.45) is 0. The van der Waals surface area contributed by atoms with Gasteiger partial charge in [-0.1, -0.05) is 59.9 Å². The number of fused-ring (bicyclic) bond motifs is 1. The van der Waals surface area contributed by atoms with Crippen molar-refractivity contribution in [3.05, 3.63) is 95.6 Å².